The summed E-state index contributed by atoms with van der Waals surface area (Å²) in [5.41, 5.74) is 2.66. The van der Waals surface area contributed by atoms with Crippen LogP contribution in [0.4, 0.5) is 4.39 Å². The molecule has 5 aromatic rings. The SMILES string of the molecule is Fc1ccc2ncn(-c3ncc4nc(-c5ccco5)n(C5CCOCC5)c4n3)c2c1. The van der Waals surface area contributed by atoms with E-state index in [9.17, 15) is 4.39 Å². The number of hydrogen-bond donors (Lipinski definition) is 0. The highest BCUT2D eigenvalue weighted by Crippen LogP contribution is 2.32. The van der Waals surface area contributed by atoms with Gasteiger partial charge in [-0.05, 0) is 37.1 Å². The maximum atomic E-state index is 13.8. The lowest BCUT2D eigenvalue weighted by Gasteiger charge is -2.25. The van der Waals surface area contributed by atoms with Crippen molar-refractivity contribution in [2.24, 2.45) is 0 Å². The Morgan fingerprint density at radius 3 is 2.77 bits per heavy atom. The summed E-state index contributed by atoms with van der Waals surface area (Å²) < 4.78 is 28.8. The number of imidazole rings is 2. The molecule has 1 aliphatic rings. The molecule has 0 N–H and O–H groups in total. The predicted octanol–water partition coefficient (Wildman–Crippen LogP) is 3.92. The van der Waals surface area contributed by atoms with Gasteiger partial charge in [-0.2, -0.15) is 4.98 Å². The van der Waals surface area contributed by atoms with Crippen LogP contribution in [0.5, 0.6) is 0 Å². The first-order chi connectivity index (χ1) is 14.8. The second kappa shape index (κ2) is 6.74. The third-order valence-electron chi connectivity index (χ3n) is 5.44. The second-order valence-electron chi connectivity index (χ2n) is 7.25. The van der Waals surface area contributed by atoms with Crippen molar-refractivity contribution in [1.29, 1.82) is 0 Å². The van der Waals surface area contributed by atoms with Crippen LogP contribution in [0.3, 0.4) is 0 Å². The maximum absolute atomic E-state index is 13.8. The van der Waals surface area contributed by atoms with E-state index in [1.165, 1.54) is 12.1 Å². The molecule has 6 rings (SSSR count). The Bertz CT molecular complexity index is 1350. The van der Waals surface area contributed by atoms with E-state index in [0.717, 1.165) is 18.7 Å². The summed E-state index contributed by atoms with van der Waals surface area (Å²) >= 11 is 0. The molecular formula is C21H17FN6O2. The molecule has 0 radical (unpaired) electrons. The lowest BCUT2D eigenvalue weighted by atomic mass is 10.1. The quantitative estimate of drug-likeness (QED) is 0.453. The van der Waals surface area contributed by atoms with Gasteiger partial charge >= 0.3 is 0 Å². The molecule has 9 heteroatoms. The van der Waals surface area contributed by atoms with Crippen molar-refractivity contribution in [3.8, 4) is 17.5 Å². The van der Waals surface area contributed by atoms with E-state index in [1.54, 1.807) is 29.4 Å². The molecule has 1 aliphatic heterocycles. The van der Waals surface area contributed by atoms with Crippen LogP contribution in [-0.4, -0.2) is 42.3 Å². The number of ether oxygens (including phenoxy) is 1. The highest BCUT2D eigenvalue weighted by atomic mass is 19.1. The average molecular weight is 404 g/mol. The number of furan rings is 1. The van der Waals surface area contributed by atoms with Crippen LogP contribution in [0.25, 0.3) is 39.7 Å². The molecule has 0 saturated carbocycles. The van der Waals surface area contributed by atoms with Crippen molar-refractivity contribution in [3.05, 3.63) is 54.9 Å². The highest BCUT2D eigenvalue weighted by Gasteiger charge is 2.25. The van der Waals surface area contributed by atoms with Crippen molar-refractivity contribution in [3.63, 3.8) is 0 Å². The normalized spacial score (nSPS) is 15.4. The van der Waals surface area contributed by atoms with Crippen LogP contribution < -0.4 is 0 Å². The predicted molar refractivity (Wildman–Crippen MR) is 107 cm³/mol. The minimum atomic E-state index is -0.335. The minimum Gasteiger partial charge on any atom is -0.461 e. The third kappa shape index (κ3) is 2.70. The fourth-order valence-corrected chi connectivity index (χ4v) is 4.01. The van der Waals surface area contributed by atoms with Crippen molar-refractivity contribution >= 4 is 22.2 Å². The molecule has 150 valence electrons. The first-order valence-corrected chi connectivity index (χ1v) is 9.77. The van der Waals surface area contributed by atoms with E-state index in [4.69, 9.17) is 19.1 Å². The number of nitrogens with zero attached hydrogens (tertiary/aromatic N) is 6. The average Bonchev–Trinajstić information content (AvgIpc) is 3.51. The number of aromatic nitrogens is 6. The van der Waals surface area contributed by atoms with Gasteiger partial charge in [0.15, 0.2) is 17.2 Å². The monoisotopic (exact) mass is 404 g/mol. The fourth-order valence-electron chi connectivity index (χ4n) is 4.01. The molecule has 8 nitrogen and oxygen atoms in total. The zero-order chi connectivity index (χ0) is 20.1. The lowest BCUT2D eigenvalue weighted by Crippen LogP contribution is -2.20. The Balaban J connectivity index is 1.57. The summed E-state index contributed by atoms with van der Waals surface area (Å²) in [4.78, 5) is 18.4. The topological polar surface area (TPSA) is 83.8 Å². The molecule has 0 atom stereocenters. The summed E-state index contributed by atoms with van der Waals surface area (Å²) in [6.07, 6.45) is 6.64. The van der Waals surface area contributed by atoms with E-state index in [2.05, 4.69) is 14.5 Å². The van der Waals surface area contributed by atoms with Crippen LogP contribution in [0, 0.1) is 5.82 Å². The maximum Gasteiger partial charge on any atom is 0.237 e. The van der Waals surface area contributed by atoms with Gasteiger partial charge in [0.05, 0.1) is 23.5 Å². The van der Waals surface area contributed by atoms with Crippen LogP contribution in [0.1, 0.15) is 18.9 Å². The van der Waals surface area contributed by atoms with Gasteiger partial charge in [-0.3, -0.25) is 4.57 Å². The Labute approximate surface area is 170 Å². The third-order valence-corrected chi connectivity index (χ3v) is 5.44. The van der Waals surface area contributed by atoms with E-state index >= 15 is 0 Å². The first kappa shape index (κ1) is 17.3. The minimum absolute atomic E-state index is 0.184. The molecule has 0 unspecified atom stereocenters. The van der Waals surface area contributed by atoms with Gasteiger partial charge in [0.25, 0.3) is 0 Å². The molecule has 0 aliphatic carbocycles. The Hall–Kier alpha value is -3.59. The molecular weight excluding hydrogens is 387 g/mol. The van der Waals surface area contributed by atoms with Gasteiger partial charge in [0.1, 0.15) is 17.7 Å². The summed E-state index contributed by atoms with van der Waals surface area (Å²) in [7, 11) is 0. The van der Waals surface area contributed by atoms with Crippen molar-refractivity contribution < 1.29 is 13.5 Å². The number of hydrogen-bond acceptors (Lipinski definition) is 6. The van der Waals surface area contributed by atoms with E-state index in [0.29, 0.717) is 47.1 Å². The Morgan fingerprint density at radius 1 is 1.03 bits per heavy atom. The largest absolute Gasteiger partial charge is 0.461 e. The number of fused-ring (bicyclic) bond motifs is 2. The van der Waals surface area contributed by atoms with Crippen LogP contribution in [0.15, 0.2) is 53.5 Å². The summed E-state index contributed by atoms with van der Waals surface area (Å²) in [5.74, 6) is 1.47. The Morgan fingerprint density at radius 2 is 1.93 bits per heavy atom. The molecule has 0 amide bonds. The molecule has 5 heterocycles. The molecule has 4 aromatic heterocycles. The molecule has 1 fully saturated rings. The van der Waals surface area contributed by atoms with Gasteiger partial charge < -0.3 is 13.7 Å². The van der Waals surface area contributed by atoms with Gasteiger partial charge in [0, 0.05) is 25.3 Å². The van der Waals surface area contributed by atoms with Crippen LogP contribution in [-0.2, 0) is 4.74 Å². The molecule has 0 bridgehead atoms. The van der Waals surface area contributed by atoms with E-state index in [-0.39, 0.29) is 11.9 Å². The van der Waals surface area contributed by atoms with Crippen molar-refractivity contribution in [2.75, 3.05) is 13.2 Å². The molecule has 30 heavy (non-hydrogen) atoms. The molecule has 1 aromatic carbocycles. The Kier molecular flexibility index (Phi) is 3.88. The number of halogens is 1. The summed E-state index contributed by atoms with van der Waals surface area (Å²) in [5, 5.41) is 0. The number of rotatable bonds is 3. The van der Waals surface area contributed by atoms with Gasteiger partial charge in [-0.25, -0.2) is 19.3 Å². The van der Waals surface area contributed by atoms with Crippen LogP contribution in [0.2, 0.25) is 0 Å². The fraction of sp³-hybridized carbons (Fsp3) is 0.238. The smallest absolute Gasteiger partial charge is 0.237 e. The second-order valence-corrected chi connectivity index (χ2v) is 7.25. The summed E-state index contributed by atoms with van der Waals surface area (Å²) in [6, 6.07) is 8.37. The lowest BCUT2D eigenvalue weighted by molar-refractivity contribution is 0.0708. The van der Waals surface area contributed by atoms with Gasteiger partial charge in [-0.15, -0.1) is 0 Å². The standard InChI is InChI=1S/C21H17FN6O2/c22-13-3-4-15-17(10-13)27(12-24-15)21-23-11-16-19(26-21)28(14-5-8-29-9-6-14)20(25-16)18-2-1-7-30-18/h1-4,7,10-12,14H,5-6,8-9H2. The van der Waals surface area contributed by atoms with Crippen LogP contribution >= 0.6 is 0 Å². The number of benzene rings is 1. The summed E-state index contributed by atoms with van der Waals surface area (Å²) in [6.45, 7) is 1.37. The van der Waals surface area contributed by atoms with E-state index in [1.807, 2.05) is 12.1 Å². The van der Waals surface area contributed by atoms with Crippen molar-refractivity contribution in [2.45, 2.75) is 18.9 Å². The zero-order valence-electron chi connectivity index (χ0n) is 15.9. The van der Waals surface area contributed by atoms with E-state index < -0.39 is 0 Å². The zero-order valence-corrected chi connectivity index (χ0v) is 15.9. The molecule has 1 saturated heterocycles. The van der Waals surface area contributed by atoms with Gasteiger partial charge in [0.2, 0.25) is 5.95 Å². The molecule has 0 spiro atoms. The van der Waals surface area contributed by atoms with Gasteiger partial charge in [-0.1, -0.05) is 0 Å². The first-order valence-electron chi connectivity index (χ1n) is 9.77. The van der Waals surface area contributed by atoms with Crippen molar-refractivity contribution in [1.82, 2.24) is 29.1 Å². The highest BCUT2D eigenvalue weighted by molar-refractivity contribution is 5.79.